The molecule has 2 aromatic carbocycles. The van der Waals surface area contributed by atoms with Crippen LogP contribution in [0.3, 0.4) is 0 Å². The van der Waals surface area contributed by atoms with Gasteiger partial charge in [0.2, 0.25) is 0 Å². The first kappa shape index (κ1) is 15.2. The Morgan fingerprint density at radius 2 is 1.81 bits per heavy atom. The lowest BCUT2D eigenvalue weighted by Crippen LogP contribution is -2.31. The quantitative estimate of drug-likeness (QED) is 0.785. The molecule has 0 heterocycles. The average molecular weight is 284 g/mol. The fourth-order valence-corrected chi connectivity index (χ4v) is 2.31. The fourth-order valence-electron chi connectivity index (χ4n) is 2.31. The summed E-state index contributed by atoms with van der Waals surface area (Å²) in [6.45, 7) is 4.39. The van der Waals surface area contributed by atoms with E-state index < -0.39 is 0 Å². The van der Waals surface area contributed by atoms with Gasteiger partial charge in [0.1, 0.15) is 5.75 Å². The maximum absolute atomic E-state index is 6.07. The molecule has 0 bridgehead atoms. The highest BCUT2D eigenvalue weighted by Gasteiger charge is 2.18. The number of nitrogens with two attached hydrogens (primary N) is 1. The molecular formula is C18H24N2O. The molecule has 0 fully saturated rings. The van der Waals surface area contributed by atoms with Crippen molar-refractivity contribution in [3.05, 3.63) is 54.1 Å². The van der Waals surface area contributed by atoms with Gasteiger partial charge in [0.25, 0.3) is 0 Å². The summed E-state index contributed by atoms with van der Waals surface area (Å²) in [5.74, 6) is 0.778. The van der Waals surface area contributed by atoms with E-state index in [2.05, 4.69) is 43.4 Å². The number of anilines is 2. The molecule has 2 aromatic rings. The van der Waals surface area contributed by atoms with Crippen molar-refractivity contribution in [2.45, 2.75) is 32.2 Å². The Labute approximate surface area is 127 Å². The van der Waals surface area contributed by atoms with E-state index in [0.717, 1.165) is 24.3 Å². The predicted octanol–water partition coefficient (Wildman–Crippen LogP) is 4.10. The summed E-state index contributed by atoms with van der Waals surface area (Å²) in [5, 5.41) is 3.53. The number of ether oxygens (including phenoxy) is 1. The van der Waals surface area contributed by atoms with Crippen LogP contribution >= 0.6 is 0 Å². The number of nitrogen functional groups attached to an aromatic ring is 1. The Bertz CT molecular complexity index is 579. The van der Waals surface area contributed by atoms with Crippen LogP contribution < -0.4 is 15.8 Å². The van der Waals surface area contributed by atoms with Crippen LogP contribution in [0.5, 0.6) is 5.75 Å². The summed E-state index contributed by atoms with van der Waals surface area (Å²) >= 11 is 0. The lowest BCUT2D eigenvalue weighted by atomic mass is 9.94. The molecule has 3 N–H and O–H groups in total. The van der Waals surface area contributed by atoms with E-state index in [1.165, 1.54) is 5.56 Å². The van der Waals surface area contributed by atoms with Crippen LogP contribution in [-0.2, 0) is 6.42 Å². The molecule has 0 amide bonds. The Morgan fingerprint density at radius 3 is 2.43 bits per heavy atom. The monoisotopic (exact) mass is 284 g/mol. The zero-order valence-electron chi connectivity index (χ0n) is 13.0. The van der Waals surface area contributed by atoms with Crippen molar-refractivity contribution in [3.63, 3.8) is 0 Å². The third kappa shape index (κ3) is 4.42. The van der Waals surface area contributed by atoms with E-state index >= 15 is 0 Å². The summed E-state index contributed by atoms with van der Waals surface area (Å²) in [6, 6.07) is 16.3. The minimum absolute atomic E-state index is 0.0292. The number of hydrogen-bond donors (Lipinski definition) is 2. The van der Waals surface area contributed by atoms with Crippen LogP contribution in [0.2, 0.25) is 0 Å². The lowest BCUT2D eigenvalue weighted by molar-refractivity contribution is 0.415. The van der Waals surface area contributed by atoms with Crippen LogP contribution in [0.15, 0.2) is 48.5 Å². The number of benzene rings is 2. The molecule has 3 heteroatoms. The maximum Gasteiger partial charge on any atom is 0.121 e. The molecule has 3 nitrogen and oxygen atoms in total. The Balaban J connectivity index is 2.00. The molecule has 0 atom stereocenters. The van der Waals surface area contributed by atoms with Crippen LogP contribution in [0.1, 0.15) is 25.8 Å². The summed E-state index contributed by atoms with van der Waals surface area (Å²) in [5.41, 5.74) is 9.06. The second kappa shape index (κ2) is 6.53. The SMILES string of the molecule is COc1ccc(NC(C)(C)CCc2ccccc2)c(N)c1. The zero-order chi connectivity index (χ0) is 15.3. The van der Waals surface area contributed by atoms with E-state index in [-0.39, 0.29) is 5.54 Å². The van der Waals surface area contributed by atoms with Crippen LogP contribution in [-0.4, -0.2) is 12.6 Å². The van der Waals surface area contributed by atoms with Crippen molar-refractivity contribution in [1.82, 2.24) is 0 Å². The highest BCUT2D eigenvalue weighted by atomic mass is 16.5. The molecule has 0 saturated carbocycles. The van der Waals surface area contributed by atoms with Crippen molar-refractivity contribution in [1.29, 1.82) is 0 Å². The molecule has 0 aliphatic rings. The molecule has 0 aliphatic heterocycles. The number of nitrogens with one attached hydrogen (secondary N) is 1. The fraction of sp³-hybridized carbons (Fsp3) is 0.333. The lowest BCUT2D eigenvalue weighted by Gasteiger charge is -2.28. The number of hydrogen-bond acceptors (Lipinski definition) is 3. The van der Waals surface area contributed by atoms with Gasteiger partial charge in [0, 0.05) is 11.6 Å². The Morgan fingerprint density at radius 1 is 1.10 bits per heavy atom. The molecule has 0 spiro atoms. The summed E-state index contributed by atoms with van der Waals surface area (Å²) in [4.78, 5) is 0. The second-order valence-electron chi connectivity index (χ2n) is 5.95. The van der Waals surface area contributed by atoms with Gasteiger partial charge in [0.15, 0.2) is 0 Å². The summed E-state index contributed by atoms with van der Waals surface area (Å²) in [7, 11) is 1.64. The smallest absolute Gasteiger partial charge is 0.121 e. The van der Waals surface area contributed by atoms with Gasteiger partial charge in [-0.2, -0.15) is 0 Å². The maximum atomic E-state index is 6.07. The Kier molecular flexibility index (Phi) is 4.73. The summed E-state index contributed by atoms with van der Waals surface area (Å²) in [6.07, 6.45) is 2.07. The Hall–Kier alpha value is -2.16. The van der Waals surface area contributed by atoms with Gasteiger partial charge in [-0.05, 0) is 44.4 Å². The van der Waals surface area contributed by atoms with Crippen molar-refractivity contribution in [2.75, 3.05) is 18.2 Å². The van der Waals surface area contributed by atoms with E-state index in [1.54, 1.807) is 7.11 Å². The number of aryl methyl sites for hydroxylation is 1. The van der Waals surface area contributed by atoms with Crippen molar-refractivity contribution < 1.29 is 4.74 Å². The van der Waals surface area contributed by atoms with E-state index in [4.69, 9.17) is 10.5 Å². The molecule has 0 aliphatic carbocycles. The zero-order valence-corrected chi connectivity index (χ0v) is 13.0. The summed E-state index contributed by atoms with van der Waals surface area (Å²) < 4.78 is 5.18. The molecule has 0 unspecified atom stereocenters. The van der Waals surface area contributed by atoms with Crippen LogP contribution in [0.4, 0.5) is 11.4 Å². The molecule has 2 rings (SSSR count). The van der Waals surface area contributed by atoms with Crippen LogP contribution in [0.25, 0.3) is 0 Å². The first-order chi connectivity index (χ1) is 10.00. The molecule has 0 saturated heterocycles. The largest absolute Gasteiger partial charge is 0.497 e. The molecule has 0 aromatic heterocycles. The van der Waals surface area contributed by atoms with Gasteiger partial charge in [0.05, 0.1) is 18.5 Å². The highest BCUT2D eigenvalue weighted by Crippen LogP contribution is 2.28. The van der Waals surface area contributed by atoms with E-state index in [0.29, 0.717) is 5.69 Å². The molecule has 21 heavy (non-hydrogen) atoms. The average Bonchev–Trinajstić information content (AvgIpc) is 2.48. The highest BCUT2D eigenvalue weighted by molar-refractivity contribution is 5.68. The van der Waals surface area contributed by atoms with Gasteiger partial charge < -0.3 is 15.8 Å². The third-order valence-electron chi connectivity index (χ3n) is 3.61. The third-order valence-corrected chi connectivity index (χ3v) is 3.61. The van der Waals surface area contributed by atoms with Crippen molar-refractivity contribution in [3.8, 4) is 5.75 Å². The molecular weight excluding hydrogens is 260 g/mol. The normalized spacial score (nSPS) is 11.2. The topological polar surface area (TPSA) is 47.3 Å². The molecule has 0 radical (unpaired) electrons. The van der Waals surface area contributed by atoms with Gasteiger partial charge >= 0.3 is 0 Å². The minimum Gasteiger partial charge on any atom is -0.497 e. The van der Waals surface area contributed by atoms with E-state index in [9.17, 15) is 0 Å². The van der Waals surface area contributed by atoms with Gasteiger partial charge in [-0.3, -0.25) is 0 Å². The standard InChI is InChI=1S/C18H24N2O/c1-18(2,12-11-14-7-5-4-6-8-14)20-17-10-9-15(21-3)13-16(17)19/h4-10,13,20H,11-12,19H2,1-3H3. The minimum atomic E-state index is -0.0292. The van der Waals surface area contributed by atoms with Crippen molar-refractivity contribution >= 4 is 11.4 Å². The van der Waals surface area contributed by atoms with E-state index in [1.807, 2.05) is 24.3 Å². The first-order valence-electron chi connectivity index (χ1n) is 7.26. The van der Waals surface area contributed by atoms with Crippen LogP contribution in [0, 0.1) is 0 Å². The predicted molar refractivity (Wildman–Crippen MR) is 89.9 cm³/mol. The number of rotatable bonds is 6. The number of methoxy groups -OCH3 is 1. The second-order valence-corrected chi connectivity index (χ2v) is 5.95. The molecule has 112 valence electrons. The first-order valence-corrected chi connectivity index (χ1v) is 7.26. The van der Waals surface area contributed by atoms with Gasteiger partial charge in [-0.25, -0.2) is 0 Å². The van der Waals surface area contributed by atoms with Crippen molar-refractivity contribution in [2.24, 2.45) is 0 Å². The van der Waals surface area contributed by atoms with Gasteiger partial charge in [-0.1, -0.05) is 30.3 Å². The van der Waals surface area contributed by atoms with Gasteiger partial charge in [-0.15, -0.1) is 0 Å².